The van der Waals surface area contributed by atoms with Crippen molar-refractivity contribution in [3.8, 4) is 55.6 Å². The van der Waals surface area contributed by atoms with E-state index in [1.54, 1.807) is 0 Å². The third-order valence-electron chi connectivity index (χ3n) is 14.3. The van der Waals surface area contributed by atoms with Crippen LogP contribution >= 0.6 is 0 Å². The zero-order chi connectivity index (χ0) is 50.3. The van der Waals surface area contributed by atoms with Crippen LogP contribution in [0.4, 0.5) is 17.1 Å². The number of hydrogen-bond donors (Lipinski definition) is 0. The topological polar surface area (TPSA) is 3.24 Å². The Balaban J connectivity index is 0.000000650. The molecule has 0 unspecified atom stereocenters. The largest absolute Gasteiger partial charge is 0.310 e. The average molecular weight is 934 g/mol. The molecule has 0 amide bonds. The predicted molar refractivity (Wildman–Crippen MR) is 313 cm³/mol. The van der Waals surface area contributed by atoms with E-state index in [1.165, 1.54) is 111 Å². The summed E-state index contributed by atoms with van der Waals surface area (Å²) in [6, 6.07) is 73.7. The Kier molecular flexibility index (Phi) is 14.9. The normalized spacial score (nSPS) is 13.1. The summed E-state index contributed by atoms with van der Waals surface area (Å²) in [6.45, 7) is 21.5. The standard InChI is InChI=1S/C62H53N.C7H8.C2H6/c1-7-16-45-36-47-19-14-24-60(62(47)57-23-15-22-56(42(57)6)53(45)8-2)46-27-32-58-48(37-46)38-49-39-52(31-34-59(49)58)63(50-28-25-44(26-29-50)43-17-10-9-11-18-43)51-30-33-55(41(5)35-51)61-21-13-12-20-54(61)40(3)4;1-7-5-3-2-4-6-7;1-2/h7-35,37,39-40H,2,36,38H2,1,3-6H3;2-6H,1H3;1-2H3/b16-7-,53-45-;;. The van der Waals surface area contributed by atoms with Crippen molar-refractivity contribution in [3.63, 3.8) is 0 Å². The van der Waals surface area contributed by atoms with E-state index in [0.717, 1.165) is 29.9 Å². The van der Waals surface area contributed by atoms with Crippen molar-refractivity contribution in [2.75, 3.05) is 4.90 Å². The van der Waals surface area contributed by atoms with Crippen LogP contribution in [0, 0.1) is 20.8 Å². The second-order valence-corrected chi connectivity index (χ2v) is 19.2. The highest BCUT2D eigenvalue weighted by Gasteiger charge is 2.25. The van der Waals surface area contributed by atoms with Crippen molar-refractivity contribution < 1.29 is 0 Å². The van der Waals surface area contributed by atoms with Crippen molar-refractivity contribution in [2.24, 2.45) is 0 Å². The molecule has 0 saturated heterocycles. The fourth-order valence-corrected chi connectivity index (χ4v) is 10.8. The molecule has 356 valence electrons. The molecule has 2 aliphatic carbocycles. The summed E-state index contributed by atoms with van der Waals surface area (Å²) in [4.78, 5) is 2.43. The first-order chi connectivity index (χ1) is 35.2. The summed E-state index contributed by atoms with van der Waals surface area (Å²) >= 11 is 0. The van der Waals surface area contributed by atoms with E-state index in [2.05, 4.69) is 247 Å². The molecule has 1 nitrogen and oxygen atoms in total. The predicted octanol–water partition coefficient (Wildman–Crippen LogP) is 20.2. The monoisotopic (exact) mass is 934 g/mol. The number of benzene rings is 9. The van der Waals surface area contributed by atoms with Gasteiger partial charge < -0.3 is 4.90 Å². The molecule has 0 N–H and O–H groups in total. The molecule has 2 aliphatic rings. The molecular weight excluding hydrogens is 867 g/mol. The summed E-state index contributed by atoms with van der Waals surface area (Å²) in [5.74, 6) is 0.440. The van der Waals surface area contributed by atoms with Crippen LogP contribution in [0.15, 0.2) is 231 Å². The molecule has 0 heterocycles. The Labute approximate surface area is 430 Å². The number of fused-ring (bicyclic) bond motifs is 7. The molecule has 0 radical (unpaired) electrons. The summed E-state index contributed by atoms with van der Waals surface area (Å²) in [6.07, 6.45) is 8.19. The van der Waals surface area contributed by atoms with E-state index in [0.29, 0.717) is 5.92 Å². The minimum atomic E-state index is 0.440. The van der Waals surface area contributed by atoms with Crippen molar-refractivity contribution in [1.82, 2.24) is 0 Å². The van der Waals surface area contributed by atoms with Gasteiger partial charge >= 0.3 is 0 Å². The number of anilines is 3. The quantitative estimate of drug-likeness (QED) is 0.139. The maximum Gasteiger partial charge on any atom is 0.0464 e. The lowest BCUT2D eigenvalue weighted by Gasteiger charge is -2.27. The highest BCUT2D eigenvalue weighted by Crippen LogP contribution is 2.47. The van der Waals surface area contributed by atoms with Gasteiger partial charge in [0, 0.05) is 17.1 Å². The summed E-state index contributed by atoms with van der Waals surface area (Å²) in [5.41, 5.74) is 29.4. The Morgan fingerprint density at radius 1 is 0.458 bits per heavy atom. The van der Waals surface area contributed by atoms with Crippen LogP contribution in [-0.4, -0.2) is 0 Å². The Bertz CT molecular complexity index is 3440. The van der Waals surface area contributed by atoms with Gasteiger partial charge in [-0.2, -0.15) is 0 Å². The van der Waals surface area contributed by atoms with E-state index in [4.69, 9.17) is 0 Å². The molecule has 0 aliphatic heterocycles. The molecule has 0 aromatic heterocycles. The minimum Gasteiger partial charge on any atom is -0.310 e. The van der Waals surface area contributed by atoms with E-state index >= 15 is 0 Å². The SMILES string of the molecule is C=C/C1=C(\C=C/C)Cc2cccc(-c3ccc4c(c3)Cc3cc(N(c5ccc(-c6ccccc6)cc5)c5ccc(-c6ccccc6C(C)C)c(C)c5)ccc3-4)c2-c2cccc1c2C.CC.Cc1ccccc1. The van der Waals surface area contributed by atoms with Gasteiger partial charge in [-0.25, -0.2) is 0 Å². The Hall–Kier alpha value is -8.00. The molecule has 2 bridgehead atoms. The van der Waals surface area contributed by atoms with E-state index < -0.39 is 0 Å². The molecular formula is C71H67N. The number of rotatable bonds is 9. The van der Waals surface area contributed by atoms with Crippen molar-refractivity contribution >= 4 is 22.6 Å². The maximum absolute atomic E-state index is 4.24. The molecule has 1 heteroatoms. The molecule has 0 fully saturated rings. The molecule has 0 saturated carbocycles. The molecule has 0 spiro atoms. The van der Waals surface area contributed by atoms with E-state index in [1.807, 2.05) is 38.1 Å². The summed E-state index contributed by atoms with van der Waals surface area (Å²) in [7, 11) is 0. The van der Waals surface area contributed by atoms with Crippen LogP contribution in [0.3, 0.4) is 0 Å². The second kappa shape index (κ2) is 22.0. The van der Waals surface area contributed by atoms with Crippen LogP contribution in [0.2, 0.25) is 0 Å². The first-order valence-corrected chi connectivity index (χ1v) is 25.8. The number of nitrogens with zero attached hydrogens (tertiary/aromatic N) is 1. The zero-order valence-corrected chi connectivity index (χ0v) is 43.4. The molecule has 11 rings (SSSR count). The van der Waals surface area contributed by atoms with Gasteiger partial charge in [0.05, 0.1) is 0 Å². The van der Waals surface area contributed by atoms with Gasteiger partial charge in [0.2, 0.25) is 0 Å². The first kappa shape index (κ1) is 49.0. The zero-order valence-electron chi connectivity index (χ0n) is 43.4. The highest BCUT2D eigenvalue weighted by molar-refractivity contribution is 5.94. The maximum atomic E-state index is 4.24. The van der Waals surface area contributed by atoms with Crippen LogP contribution in [-0.2, 0) is 12.8 Å². The molecule has 9 aromatic rings. The Morgan fingerprint density at radius 2 is 1.01 bits per heavy atom. The van der Waals surface area contributed by atoms with Crippen molar-refractivity contribution in [3.05, 3.63) is 275 Å². The van der Waals surface area contributed by atoms with E-state index in [-0.39, 0.29) is 0 Å². The Morgan fingerprint density at radius 3 is 1.68 bits per heavy atom. The van der Waals surface area contributed by atoms with E-state index in [9.17, 15) is 0 Å². The summed E-state index contributed by atoms with van der Waals surface area (Å²) < 4.78 is 0. The van der Waals surface area contributed by atoms with Gasteiger partial charge in [-0.1, -0.05) is 222 Å². The average Bonchev–Trinajstić information content (AvgIpc) is 3.78. The molecule has 72 heavy (non-hydrogen) atoms. The number of allylic oxidation sites excluding steroid dienone is 5. The molecule has 0 atom stereocenters. The van der Waals surface area contributed by atoms with Crippen LogP contribution in [0.1, 0.15) is 85.0 Å². The van der Waals surface area contributed by atoms with Crippen LogP contribution in [0.5, 0.6) is 0 Å². The first-order valence-electron chi connectivity index (χ1n) is 25.8. The second-order valence-electron chi connectivity index (χ2n) is 19.2. The third kappa shape index (κ3) is 9.86. The number of aryl methyl sites for hydroxylation is 2. The van der Waals surface area contributed by atoms with Crippen LogP contribution < -0.4 is 4.90 Å². The van der Waals surface area contributed by atoms with Gasteiger partial charge in [-0.15, -0.1) is 0 Å². The minimum absolute atomic E-state index is 0.440. The summed E-state index contributed by atoms with van der Waals surface area (Å²) in [5, 5.41) is 0. The lowest BCUT2D eigenvalue weighted by Crippen LogP contribution is -2.10. The fraction of sp³-hybridized carbons (Fsp3) is 0.155. The lowest BCUT2D eigenvalue weighted by atomic mass is 9.80. The lowest BCUT2D eigenvalue weighted by molar-refractivity contribution is 0.869. The third-order valence-corrected chi connectivity index (χ3v) is 14.3. The number of hydrogen-bond acceptors (Lipinski definition) is 1. The van der Waals surface area contributed by atoms with Gasteiger partial charge in [0.1, 0.15) is 0 Å². The van der Waals surface area contributed by atoms with Crippen LogP contribution in [0.25, 0.3) is 61.2 Å². The van der Waals surface area contributed by atoms with Gasteiger partial charge in [-0.3, -0.25) is 0 Å². The molecule has 9 aromatic carbocycles. The van der Waals surface area contributed by atoms with Crippen molar-refractivity contribution in [1.29, 1.82) is 0 Å². The van der Waals surface area contributed by atoms with Crippen molar-refractivity contribution in [2.45, 2.75) is 74.1 Å². The highest BCUT2D eigenvalue weighted by atomic mass is 15.1. The smallest absolute Gasteiger partial charge is 0.0464 e. The fourth-order valence-electron chi connectivity index (χ4n) is 10.8. The van der Waals surface area contributed by atoms with Gasteiger partial charge in [0.15, 0.2) is 0 Å². The van der Waals surface area contributed by atoms with Gasteiger partial charge in [-0.05, 0) is 189 Å². The van der Waals surface area contributed by atoms with Gasteiger partial charge in [0.25, 0.3) is 0 Å².